The molecule has 1 aromatic rings. The summed E-state index contributed by atoms with van der Waals surface area (Å²) in [6.07, 6.45) is 0. The van der Waals surface area contributed by atoms with Gasteiger partial charge in [0.15, 0.2) is 0 Å². The van der Waals surface area contributed by atoms with E-state index in [0.717, 1.165) is 11.1 Å². The first-order valence-electron chi connectivity index (χ1n) is 5.22. The van der Waals surface area contributed by atoms with Crippen LogP contribution in [-0.2, 0) is 4.79 Å². The van der Waals surface area contributed by atoms with E-state index in [9.17, 15) is 9.59 Å². The van der Waals surface area contributed by atoms with E-state index in [-0.39, 0.29) is 0 Å². The highest BCUT2D eigenvalue weighted by Gasteiger charge is 2.09. The number of carbonyl (C=O) groups excluding carboxylic acids is 2. The number of imide groups is 1. The van der Waals surface area contributed by atoms with Gasteiger partial charge in [0.25, 0.3) is 0 Å². The number of nitrogens with one attached hydrogen (secondary N) is 2. The molecule has 0 aliphatic heterocycles. The molecule has 0 saturated carbocycles. The minimum Gasteiger partial charge on any atom is -0.307 e. The molecule has 94 valence electrons. The maximum atomic E-state index is 11.5. The Bertz CT molecular complexity index is 500. The molecule has 1 rings (SSSR count). The molecule has 7 nitrogen and oxygen atoms in total. The summed E-state index contributed by atoms with van der Waals surface area (Å²) >= 11 is 0. The third-order valence-corrected chi connectivity index (χ3v) is 2.25. The van der Waals surface area contributed by atoms with Crippen LogP contribution in [-0.4, -0.2) is 18.5 Å². The molecule has 2 N–H and O–H groups in total. The Balaban J connectivity index is 2.65. The van der Waals surface area contributed by atoms with Crippen LogP contribution in [0, 0.1) is 13.8 Å². The molecule has 1 aromatic carbocycles. The lowest BCUT2D eigenvalue weighted by atomic mass is 10.1. The Hall–Kier alpha value is -2.53. The summed E-state index contributed by atoms with van der Waals surface area (Å²) in [6, 6.07) is 4.93. The predicted octanol–water partition coefficient (Wildman–Crippen LogP) is 2.26. The molecule has 0 heterocycles. The number of aryl methyl sites for hydroxylation is 2. The van der Waals surface area contributed by atoms with Crippen LogP contribution in [0.15, 0.2) is 23.3 Å². The Kier molecular flexibility index (Phi) is 4.71. The van der Waals surface area contributed by atoms with Gasteiger partial charge in [0.1, 0.15) is 6.54 Å². The Morgan fingerprint density at radius 2 is 1.94 bits per heavy atom. The highest BCUT2D eigenvalue weighted by Crippen LogP contribution is 2.18. The molecule has 3 amide bonds. The molecule has 0 atom stereocenters. The van der Waals surface area contributed by atoms with Crippen LogP contribution in [0.2, 0.25) is 0 Å². The normalized spacial score (nSPS) is 9.22. The maximum Gasteiger partial charge on any atom is 0.325 e. The fraction of sp³-hybridized carbons (Fsp3) is 0.273. The van der Waals surface area contributed by atoms with E-state index in [0.29, 0.717) is 5.69 Å². The van der Waals surface area contributed by atoms with Crippen LogP contribution in [0.3, 0.4) is 0 Å². The standard InChI is InChI=1S/C11H13N5O2/c1-7-4-3-5-8(2)10(7)15-11(18)14-9(17)6-13-16-12/h3-5H,6H2,1-2H3,(H2,14,15,17,18). The Morgan fingerprint density at radius 3 is 2.50 bits per heavy atom. The van der Waals surface area contributed by atoms with Gasteiger partial charge >= 0.3 is 6.03 Å². The highest BCUT2D eigenvalue weighted by atomic mass is 16.2. The molecule has 0 spiro atoms. The first kappa shape index (κ1) is 13.5. The van der Waals surface area contributed by atoms with Gasteiger partial charge in [-0.15, -0.1) is 0 Å². The number of hydrogen-bond donors (Lipinski definition) is 2. The van der Waals surface area contributed by atoms with Crippen molar-refractivity contribution in [1.82, 2.24) is 5.32 Å². The molecule has 0 bridgehead atoms. The predicted molar refractivity (Wildman–Crippen MR) is 67.1 cm³/mol. The second-order valence-corrected chi connectivity index (χ2v) is 3.66. The molecule has 0 radical (unpaired) electrons. The average Bonchev–Trinajstić information content (AvgIpc) is 2.31. The topological polar surface area (TPSA) is 107 Å². The molecule has 0 aliphatic carbocycles. The third kappa shape index (κ3) is 3.80. The smallest absolute Gasteiger partial charge is 0.307 e. The van der Waals surface area contributed by atoms with E-state index in [1.54, 1.807) is 0 Å². The summed E-state index contributed by atoms with van der Waals surface area (Å²) in [5, 5.41) is 7.70. The zero-order valence-electron chi connectivity index (χ0n) is 10.1. The van der Waals surface area contributed by atoms with Gasteiger partial charge < -0.3 is 5.32 Å². The van der Waals surface area contributed by atoms with Crippen LogP contribution in [0.1, 0.15) is 11.1 Å². The number of hydrogen-bond acceptors (Lipinski definition) is 3. The van der Waals surface area contributed by atoms with Crippen LogP contribution >= 0.6 is 0 Å². The molecule has 18 heavy (non-hydrogen) atoms. The van der Waals surface area contributed by atoms with Crippen molar-refractivity contribution >= 4 is 17.6 Å². The number of urea groups is 1. The maximum absolute atomic E-state index is 11.5. The van der Waals surface area contributed by atoms with Crippen molar-refractivity contribution in [2.45, 2.75) is 13.8 Å². The summed E-state index contributed by atoms with van der Waals surface area (Å²) in [6.45, 7) is 3.30. The minimum absolute atomic E-state index is 0.406. The lowest BCUT2D eigenvalue weighted by Crippen LogP contribution is -2.36. The fourth-order valence-electron chi connectivity index (χ4n) is 1.42. The van der Waals surface area contributed by atoms with E-state index in [1.807, 2.05) is 32.0 Å². The second kappa shape index (κ2) is 6.27. The number of amides is 3. The van der Waals surface area contributed by atoms with Gasteiger partial charge in [0.2, 0.25) is 5.91 Å². The van der Waals surface area contributed by atoms with Crippen molar-refractivity contribution in [2.24, 2.45) is 5.11 Å². The first-order chi connectivity index (χ1) is 8.54. The zero-order valence-corrected chi connectivity index (χ0v) is 10.1. The molecule has 0 fully saturated rings. The zero-order chi connectivity index (χ0) is 13.5. The Labute approximate surface area is 104 Å². The van der Waals surface area contributed by atoms with E-state index >= 15 is 0 Å². The van der Waals surface area contributed by atoms with Crippen LogP contribution in [0.5, 0.6) is 0 Å². The number of anilines is 1. The lowest BCUT2D eigenvalue weighted by molar-refractivity contribution is -0.118. The van der Waals surface area contributed by atoms with E-state index in [4.69, 9.17) is 5.53 Å². The molecular formula is C11H13N5O2. The van der Waals surface area contributed by atoms with Crippen molar-refractivity contribution in [3.8, 4) is 0 Å². The summed E-state index contributed by atoms with van der Waals surface area (Å²) < 4.78 is 0. The average molecular weight is 247 g/mol. The van der Waals surface area contributed by atoms with Crippen molar-refractivity contribution < 1.29 is 9.59 Å². The fourth-order valence-corrected chi connectivity index (χ4v) is 1.42. The summed E-state index contributed by atoms with van der Waals surface area (Å²) in [4.78, 5) is 25.1. The van der Waals surface area contributed by atoms with Gasteiger partial charge in [-0.05, 0) is 30.5 Å². The van der Waals surface area contributed by atoms with E-state index in [2.05, 4.69) is 20.7 Å². The molecule has 0 aromatic heterocycles. The number of azide groups is 1. The lowest BCUT2D eigenvalue weighted by Gasteiger charge is -2.11. The summed E-state index contributed by atoms with van der Waals surface area (Å²) in [7, 11) is 0. The van der Waals surface area contributed by atoms with Gasteiger partial charge in [0, 0.05) is 10.6 Å². The van der Waals surface area contributed by atoms with Crippen molar-refractivity contribution in [3.63, 3.8) is 0 Å². The van der Waals surface area contributed by atoms with Crippen LogP contribution in [0.4, 0.5) is 10.5 Å². The number of rotatable bonds is 3. The molecule has 0 unspecified atom stereocenters. The summed E-state index contributed by atoms with van der Waals surface area (Å²) in [5.74, 6) is -0.656. The van der Waals surface area contributed by atoms with Crippen molar-refractivity contribution in [2.75, 3.05) is 11.9 Å². The molecule has 0 aliphatic rings. The first-order valence-corrected chi connectivity index (χ1v) is 5.22. The van der Waals surface area contributed by atoms with Crippen molar-refractivity contribution in [1.29, 1.82) is 0 Å². The summed E-state index contributed by atoms with van der Waals surface area (Å²) in [5.41, 5.74) is 10.5. The van der Waals surface area contributed by atoms with Gasteiger partial charge in [-0.3, -0.25) is 10.1 Å². The number of benzene rings is 1. The van der Waals surface area contributed by atoms with Gasteiger partial charge in [-0.2, -0.15) is 0 Å². The number of carbonyl (C=O) groups is 2. The van der Waals surface area contributed by atoms with Crippen molar-refractivity contribution in [3.05, 3.63) is 39.8 Å². The SMILES string of the molecule is Cc1cccc(C)c1NC(=O)NC(=O)CN=[N+]=[N-]. The van der Waals surface area contributed by atoms with Gasteiger partial charge in [-0.1, -0.05) is 23.3 Å². The van der Waals surface area contributed by atoms with Gasteiger partial charge in [-0.25, -0.2) is 4.79 Å². The quantitative estimate of drug-likeness (QED) is 0.485. The second-order valence-electron chi connectivity index (χ2n) is 3.66. The Morgan fingerprint density at radius 1 is 1.33 bits per heavy atom. The largest absolute Gasteiger partial charge is 0.325 e. The van der Waals surface area contributed by atoms with Crippen LogP contribution < -0.4 is 10.6 Å². The number of nitrogens with zero attached hydrogens (tertiary/aromatic N) is 3. The minimum atomic E-state index is -0.656. The van der Waals surface area contributed by atoms with E-state index < -0.39 is 18.5 Å². The molecule has 7 heteroatoms. The van der Waals surface area contributed by atoms with Crippen LogP contribution in [0.25, 0.3) is 10.4 Å². The van der Waals surface area contributed by atoms with Gasteiger partial charge in [0.05, 0.1) is 0 Å². The third-order valence-electron chi connectivity index (χ3n) is 2.25. The highest BCUT2D eigenvalue weighted by molar-refractivity contribution is 6.02. The monoisotopic (exact) mass is 247 g/mol. The molecular weight excluding hydrogens is 234 g/mol. The molecule has 0 saturated heterocycles. The number of para-hydroxylation sites is 1. The van der Waals surface area contributed by atoms with E-state index in [1.165, 1.54) is 0 Å².